The highest BCUT2D eigenvalue weighted by atomic mass is 16.5. The Bertz CT molecular complexity index is 4200. The Morgan fingerprint density at radius 3 is 1.32 bits per heavy atom. The van der Waals surface area contributed by atoms with Crippen LogP contribution in [0, 0.1) is 47.3 Å². The number of primary amides is 1. The molecule has 27 N–H and O–H groups in total. The van der Waals surface area contributed by atoms with Crippen molar-refractivity contribution in [2.24, 2.45) is 64.5 Å². The summed E-state index contributed by atoms with van der Waals surface area (Å²) >= 11 is 0. The molecule has 2 fully saturated rings. The van der Waals surface area contributed by atoms with Gasteiger partial charge in [-0.15, -0.1) is 0 Å². The van der Waals surface area contributed by atoms with Crippen LogP contribution in [0.4, 0.5) is 0 Å². The molecule has 0 aromatic rings. The highest BCUT2D eigenvalue weighted by molar-refractivity contribution is 6.05. The lowest BCUT2D eigenvalue weighted by molar-refractivity contribution is -0.156. The van der Waals surface area contributed by atoms with Crippen molar-refractivity contribution < 1.29 is 121 Å². The molecule has 0 unspecified atom stereocenters. The number of aliphatic hydroxyl groups is 4. The first-order valence-corrected chi connectivity index (χ1v) is 48.4. The van der Waals surface area contributed by atoms with Crippen molar-refractivity contribution >= 4 is 118 Å². The van der Waals surface area contributed by atoms with Crippen LogP contribution in [0.25, 0.3) is 0 Å². The Hall–Kier alpha value is -11.4. The van der Waals surface area contributed by atoms with E-state index in [1.165, 1.54) is 45.6 Å². The second-order valence-corrected chi connectivity index (χ2v) is 38.4. The van der Waals surface area contributed by atoms with Gasteiger partial charge in [-0.05, 0) is 158 Å². The third kappa shape index (κ3) is 42.3. The van der Waals surface area contributed by atoms with Gasteiger partial charge in [-0.25, -0.2) is 4.79 Å². The number of carbonyl (C=O) groups is 20. The summed E-state index contributed by atoms with van der Waals surface area (Å²) < 4.78 is 5.80. The molecule has 0 radical (unpaired) electrons. The molecule has 19 amide bonds. The first-order chi connectivity index (χ1) is 65.2. The van der Waals surface area contributed by atoms with Crippen molar-refractivity contribution in [3.8, 4) is 0 Å². The number of carbonyl (C=O) groups excluding carboxylic acids is 20. The predicted octanol–water partition coefficient (Wildman–Crippen LogP) is -3.91. The van der Waals surface area contributed by atoms with E-state index in [0.717, 1.165) is 18.9 Å². The molecule has 2 aliphatic rings. The number of amides is 19. The van der Waals surface area contributed by atoms with Crippen LogP contribution in [-0.4, -0.2) is 292 Å². The number of nitrogens with two attached hydrogens (primary N) is 3. The van der Waals surface area contributed by atoms with Crippen LogP contribution in [0.1, 0.15) is 248 Å². The van der Waals surface area contributed by atoms with Crippen LogP contribution < -0.4 is 108 Å². The minimum absolute atomic E-state index is 0.0437. The molecule has 18 atom stereocenters. The SMILES string of the molecule is C/C=C(\NC(=O)[C@H](NC(=O)[C@H](CC(C)C)NC(=O)[C@H](CCC(N)=O)NC(=O)[C@H](NC(=O)[C@@H](NC(=O)[C@@H](CC(C)C)NC(=O)[C@H](CO)NC(=O)[C@H](NC(=O)[C@H](CC(C)C)NC(=O)[C@@H](CO)NC(=O)[C@H]1CCCN1C(=O)/C(=C/C)NC(=O)C[C@H](O)CCCCC)C(C)C)C(C)C)C(C)C)C(C)C)C(=O)N[C@@H]1C(=O)N[C@H](C(C)C)C(=O)N[C@H](CCO)C(=O)N[C@@H](CCN)C(=O)N[C@@H](CCCCN)C(=O)O[C@@H]1C. The second kappa shape index (κ2) is 62.6. The van der Waals surface area contributed by atoms with Crippen LogP contribution in [0.5, 0.6) is 0 Å². The Labute approximate surface area is 815 Å². The van der Waals surface area contributed by atoms with E-state index in [4.69, 9.17) is 21.9 Å². The summed E-state index contributed by atoms with van der Waals surface area (Å²) in [6, 6.07) is -24.2. The molecule has 0 bridgehead atoms. The summed E-state index contributed by atoms with van der Waals surface area (Å²) in [7, 11) is 0. The summed E-state index contributed by atoms with van der Waals surface area (Å²) in [5, 5.41) is 84.7. The maximum Gasteiger partial charge on any atom is 0.328 e. The maximum atomic E-state index is 14.7. The van der Waals surface area contributed by atoms with Gasteiger partial charge in [0.2, 0.25) is 100 Å². The van der Waals surface area contributed by atoms with Crippen LogP contribution in [0.15, 0.2) is 23.5 Å². The third-order valence-corrected chi connectivity index (χ3v) is 23.2. The maximum absolute atomic E-state index is 14.7. The van der Waals surface area contributed by atoms with E-state index in [9.17, 15) is 116 Å². The largest absolute Gasteiger partial charge is 0.458 e. The number of ether oxygens (including phenoxy) is 1. The van der Waals surface area contributed by atoms with Crippen LogP contribution >= 0.6 is 0 Å². The molecule has 0 aromatic carbocycles. The molecule has 46 heteroatoms. The van der Waals surface area contributed by atoms with E-state index in [1.54, 1.807) is 96.9 Å². The number of cyclic esters (lactones) is 1. The summed E-state index contributed by atoms with van der Waals surface area (Å²) in [5.74, 6) is -23.8. The monoisotopic (exact) mass is 1970 g/mol. The predicted molar refractivity (Wildman–Crippen MR) is 511 cm³/mol. The quantitative estimate of drug-likeness (QED) is 0.0157. The van der Waals surface area contributed by atoms with Crippen molar-refractivity contribution in [1.29, 1.82) is 0 Å². The second-order valence-electron chi connectivity index (χ2n) is 38.4. The molecule has 0 aromatic heterocycles. The number of likely N-dealkylation sites (tertiary alicyclic amines) is 1. The molecular weight excluding hydrogens is 1810 g/mol. The van der Waals surface area contributed by atoms with Crippen LogP contribution in [0.3, 0.4) is 0 Å². The van der Waals surface area contributed by atoms with Crippen molar-refractivity contribution in [2.75, 3.05) is 39.5 Å². The van der Waals surface area contributed by atoms with Gasteiger partial charge in [-0.3, -0.25) is 91.1 Å². The van der Waals surface area contributed by atoms with Gasteiger partial charge in [0, 0.05) is 19.6 Å². The average Bonchev–Trinajstić information content (AvgIpc) is 1.67. The molecule has 0 saturated carbocycles. The zero-order valence-corrected chi connectivity index (χ0v) is 84.5. The summed E-state index contributed by atoms with van der Waals surface area (Å²) in [4.78, 5) is 283. The number of hydrogen-bond acceptors (Lipinski definition) is 27. The fraction of sp³-hybridized carbons (Fsp3) is 0.742. The van der Waals surface area contributed by atoms with Crippen molar-refractivity contribution in [2.45, 2.75) is 357 Å². The average molecular weight is 1970 g/mol. The fourth-order valence-electron chi connectivity index (χ4n) is 15.2. The fourth-order valence-corrected chi connectivity index (χ4v) is 15.2. The topological polar surface area (TPSA) is 717 Å². The molecule has 788 valence electrons. The Morgan fingerprint density at radius 1 is 0.468 bits per heavy atom. The molecule has 0 spiro atoms. The molecule has 46 nitrogen and oxygen atoms in total. The summed E-state index contributed by atoms with van der Waals surface area (Å²) in [5.41, 5.74) is 16.5. The smallest absolute Gasteiger partial charge is 0.328 e. The molecule has 2 aliphatic heterocycles. The number of allylic oxidation sites excluding steroid dienone is 2. The number of unbranched alkanes of at least 4 members (excludes halogenated alkanes) is 3. The molecule has 139 heavy (non-hydrogen) atoms. The molecule has 2 saturated heterocycles. The standard InChI is InChI=1S/C93H161N21O25/c1-21-24-25-29-55(118)43-69(120)97-57(23-3)92(137)114-38-28-31-67(114)85(130)106-65(44-116)83(128)104-63(41-47(6)7)81(126)109-71(50(12)13)89(134)107-66(45-117)84(129)105-64(42-48(8)9)82(127)110-74(53(18)19)90(135)111-72(51(14)15)87(132)100-58(32-33-68(96)119)77(122)103-62(40-46(4)5)80(125)108-70(49(10)11)86(131)98-56(22-2)76(121)113-75-54(20)139-93(138)61(30-26-27-36-94)102-78(123)59(34-37-95)99-79(124)60(35-39-115)101-88(133)73(52(16)17)112-91(75)136/h22-23,46-55,58-67,70-75,115-118H,21,24-45,94-95H2,1-20H3,(H2,96,119)(H,97,120)(H,98,131)(H,99,124)(H,100,132)(H,101,133)(H,102,123)(H,103,122)(H,104,128)(H,105,129)(H,106,130)(H,107,134)(H,108,125)(H,109,126)(H,110,127)(H,111,135)(H,112,136)(H,113,121)/b56-22-,57-23-/t54-,55-,58+,59+,60-,61+,62+,63+,64-,65-,66+,67-,70-,71-,72-,73-,74+,75+/m1/s1. The number of hydrogen-bond donors (Lipinski definition) is 24. The zero-order chi connectivity index (χ0) is 106. The van der Waals surface area contributed by atoms with Gasteiger partial charge in [0.15, 0.2) is 0 Å². The highest BCUT2D eigenvalue weighted by Crippen LogP contribution is 2.23. The van der Waals surface area contributed by atoms with Gasteiger partial charge in [0.1, 0.15) is 114 Å². The number of nitrogens with one attached hydrogen (secondary N) is 17. The van der Waals surface area contributed by atoms with E-state index in [-0.39, 0.29) is 101 Å². The summed E-state index contributed by atoms with van der Waals surface area (Å²) in [6.07, 6.45) is 2.00. The lowest BCUT2D eigenvalue weighted by atomic mass is 9.97. The lowest BCUT2D eigenvalue weighted by Gasteiger charge is -2.31. The lowest BCUT2D eigenvalue weighted by Crippen LogP contribution is -2.63. The Morgan fingerprint density at radius 2 is 0.892 bits per heavy atom. The third-order valence-electron chi connectivity index (χ3n) is 23.2. The number of nitrogens with zero attached hydrogens (tertiary/aromatic N) is 1. The number of aliphatic hydroxyl groups excluding tert-OH is 4. The zero-order valence-electron chi connectivity index (χ0n) is 84.5. The first kappa shape index (κ1) is 124. The summed E-state index contributed by atoms with van der Waals surface area (Å²) in [6.45, 7) is 29.4. The van der Waals surface area contributed by atoms with E-state index < -0.39 is 295 Å². The van der Waals surface area contributed by atoms with Gasteiger partial charge in [0.25, 0.3) is 11.8 Å². The Balaban J connectivity index is 2.44. The molecular formula is C93H161N21O25. The molecule has 2 rings (SSSR count). The van der Waals surface area contributed by atoms with Gasteiger partial charge < -0.3 is 138 Å². The molecule has 0 aliphatic carbocycles. The van der Waals surface area contributed by atoms with Gasteiger partial charge >= 0.3 is 5.97 Å². The van der Waals surface area contributed by atoms with Crippen LogP contribution in [-0.2, 0) is 101 Å². The number of esters is 1. The molecule has 2 heterocycles. The van der Waals surface area contributed by atoms with E-state index >= 15 is 0 Å². The van der Waals surface area contributed by atoms with E-state index in [2.05, 4.69) is 90.4 Å². The van der Waals surface area contributed by atoms with Gasteiger partial charge in [0.05, 0.1) is 25.7 Å². The minimum Gasteiger partial charge on any atom is -0.458 e. The van der Waals surface area contributed by atoms with Gasteiger partial charge in [-0.1, -0.05) is 149 Å². The van der Waals surface area contributed by atoms with Crippen molar-refractivity contribution in [1.82, 2.24) is 95.3 Å². The van der Waals surface area contributed by atoms with Crippen molar-refractivity contribution in [3.05, 3.63) is 23.5 Å². The number of rotatable bonds is 56. The van der Waals surface area contributed by atoms with E-state index in [0.29, 0.717) is 25.7 Å². The Kier molecular flexibility index (Phi) is 55.7. The van der Waals surface area contributed by atoms with E-state index in [1.807, 2.05) is 6.92 Å². The van der Waals surface area contributed by atoms with Gasteiger partial charge in [-0.2, -0.15) is 0 Å². The van der Waals surface area contributed by atoms with Crippen LogP contribution in [0.2, 0.25) is 0 Å². The first-order valence-electron chi connectivity index (χ1n) is 48.4. The van der Waals surface area contributed by atoms with Crippen molar-refractivity contribution in [3.63, 3.8) is 0 Å². The normalized spacial score (nSPS) is 19.9. The minimum atomic E-state index is -1.89. The highest BCUT2D eigenvalue weighted by Gasteiger charge is 2.44.